The minimum Gasteiger partial charge on any atom is -0.342 e. The molecule has 0 bridgehead atoms. The lowest BCUT2D eigenvalue weighted by Gasteiger charge is -2.22. The van der Waals surface area contributed by atoms with Gasteiger partial charge in [0.25, 0.3) is 0 Å². The van der Waals surface area contributed by atoms with Crippen molar-refractivity contribution in [3.63, 3.8) is 0 Å². The fourth-order valence-electron chi connectivity index (χ4n) is 3.65. The Balaban J connectivity index is 1.53. The number of carbonyl (C=O) groups is 3. The highest BCUT2D eigenvalue weighted by atomic mass is 16.2. The molecule has 1 atom stereocenters. The zero-order valence-electron chi connectivity index (χ0n) is 12.3. The molecule has 0 spiro atoms. The summed E-state index contributed by atoms with van der Waals surface area (Å²) in [6.45, 7) is 1.78. The summed E-state index contributed by atoms with van der Waals surface area (Å²) in [6, 6.07) is -0.421. The summed E-state index contributed by atoms with van der Waals surface area (Å²) in [5, 5.41) is 2.99. The van der Waals surface area contributed by atoms with Gasteiger partial charge < -0.3 is 4.90 Å². The lowest BCUT2D eigenvalue weighted by Crippen LogP contribution is -2.46. The van der Waals surface area contributed by atoms with Crippen LogP contribution in [0.3, 0.4) is 0 Å². The first-order valence-electron chi connectivity index (χ1n) is 8.04. The first kappa shape index (κ1) is 14.5. The van der Waals surface area contributed by atoms with E-state index in [2.05, 4.69) is 5.32 Å². The predicted octanol–water partition coefficient (Wildman–Crippen LogP) is 0.268. The highest BCUT2D eigenvalue weighted by Crippen LogP contribution is 2.28. The third-order valence-corrected chi connectivity index (χ3v) is 4.83. The molecule has 1 aliphatic carbocycles. The Morgan fingerprint density at radius 2 is 1.76 bits per heavy atom. The molecule has 0 aromatic rings. The highest BCUT2D eigenvalue weighted by Gasteiger charge is 2.42. The van der Waals surface area contributed by atoms with Crippen LogP contribution in [0.25, 0.3) is 0 Å². The Hall–Kier alpha value is -1.43. The van der Waals surface area contributed by atoms with Crippen LogP contribution in [-0.2, 0) is 14.4 Å². The molecule has 3 amide bonds. The van der Waals surface area contributed by atoms with Crippen LogP contribution < -0.4 is 5.32 Å². The lowest BCUT2D eigenvalue weighted by atomic mass is 10.2. The van der Waals surface area contributed by atoms with E-state index >= 15 is 0 Å². The number of hydrogen-bond acceptors (Lipinski definition) is 4. The van der Waals surface area contributed by atoms with Crippen molar-refractivity contribution in [1.29, 1.82) is 0 Å². The van der Waals surface area contributed by atoms with Gasteiger partial charge in [0.15, 0.2) is 0 Å². The first-order valence-corrected chi connectivity index (χ1v) is 8.04. The van der Waals surface area contributed by atoms with Crippen LogP contribution >= 0.6 is 0 Å². The zero-order valence-corrected chi connectivity index (χ0v) is 12.3. The van der Waals surface area contributed by atoms with Crippen molar-refractivity contribution in [3.8, 4) is 0 Å². The van der Waals surface area contributed by atoms with Gasteiger partial charge in [0.2, 0.25) is 17.7 Å². The Morgan fingerprint density at radius 3 is 2.43 bits per heavy atom. The number of imide groups is 1. The van der Waals surface area contributed by atoms with E-state index in [1.807, 2.05) is 4.90 Å². The SMILES string of the molecule is O=C(CNC1CC(=O)N(C2CCCC2)C1=O)N1CCCC1. The van der Waals surface area contributed by atoms with Crippen molar-refractivity contribution >= 4 is 17.7 Å². The number of likely N-dealkylation sites (tertiary alicyclic amines) is 2. The Morgan fingerprint density at radius 1 is 1.10 bits per heavy atom. The van der Waals surface area contributed by atoms with Gasteiger partial charge in [-0.2, -0.15) is 0 Å². The van der Waals surface area contributed by atoms with Crippen LogP contribution in [0.15, 0.2) is 0 Å². The lowest BCUT2D eigenvalue weighted by molar-refractivity contribution is -0.141. The second-order valence-corrected chi connectivity index (χ2v) is 6.27. The molecule has 3 aliphatic rings. The monoisotopic (exact) mass is 293 g/mol. The van der Waals surface area contributed by atoms with E-state index in [0.29, 0.717) is 0 Å². The van der Waals surface area contributed by atoms with E-state index in [1.54, 1.807) is 0 Å². The highest BCUT2D eigenvalue weighted by molar-refractivity contribution is 6.06. The van der Waals surface area contributed by atoms with E-state index in [4.69, 9.17) is 0 Å². The topological polar surface area (TPSA) is 69.7 Å². The van der Waals surface area contributed by atoms with Crippen molar-refractivity contribution in [2.24, 2.45) is 0 Å². The van der Waals surface area contributed by atoms with Gasteiger partial charge in [-0.3, -0.25) is 24.6 Å². The molecule has 2 saturated heterocycles. The number of carbonyl (C=O) groups excluding carboxylic acids is 3. The quantitative estimate of drug-likeness (QED) is 0.755. The summed E-state index contributed by atoms with van der Waals surface area (Å²) in [4.78, 5) is 39.7. The minimum absolute atomic E-state index is 0.0343. The summed E-state index contributed by atoms with van der Waals surface area (Å²) >= 11 is 0. The van der Waals surface area contributed by atoms with Crippen LogP contribution in [0, 0.1) is 0 Å². The van der Waals surface area contributed by atoms with Gasteiger partial charge in [0, 0.05) is 19.1 Å². The van der Waals surface area contributed by atoms with Crippen LogP contribution in [0.1, 0.15) is 44.9 Å². The molecule has 0 aromatic heterocycles. The maximum absolute atomic E-state index is 12.4. The van der Waals surface area contributed by atoms with Crippen molar-refractivity contribution in [2.75, 3.05) is 19.6 Å². The average molecular weight is 293 g/mol. The van der Waals surface area contributed by atoms with E-state index in [-0.39, 0.29) is 36.7 Å². The summed E-state index contributed by atoms with van der Waals surface area (Å²) in [5.41, 5.74) is 0. The number of amides is 3. The van der Waals surface area contributed by atoms with Crippen LogP contribution in [-0.4, -0.2) is 59.2 Å². The van der Waals surface area contributed by atoms with E-state index in [1.165, 1.54) is 4.90 Å². The third kappa shape index (κ3) is 2.95. The van der Waals surface area contributed by atoms with Gasteiger partial charge in [0.1, 0.15) is 0 Å². The summed E-state index contributed by atoms with van der Waals surface area (Å²) < 4.78 is 0. The molecule has 1 saturated carbocycles. The number of nitrogens with one attached hydrogen (secondary N) is 1. The molecule has 1 unspecified atom stereocenters. The Bertz CT molecular complexity index is 439. The van der Waals surface area contributed by atoms with Crippen molar-refractivity contribution < 1.29 is 14.4 Å². The average Bonchev–Trinajstić information content (AvgIpc) is 3.17. The number of rotatable bonds is 4. The van der Waals surface area contributed by atoms with Gasteiger partial charge in [-0.1, -0.05) is 12.8 Å². The maximum Gasteiger partial charge on any atom is 0.247 e. The molecule has 6 heteroatoms. The van der Waals surface area contributed by atoms with E-state index in [0.717, 1.165) is 51.6 Å². The molecule has 0 aromatic carbocycles. The zero-order chi connectivity index (χ0) is 14.8. The van der Waals surface area contributed by atoms with E-state index < -0.39 is 6.04 Å². The van der Waals surface area contributed by atoms with Gasteiger partial charge in [-0.25, -0.2) is 0 Å². The fourth-order valence-corrected chi connectivity index (χ4v) is 3.65. The van der Waals surface area contributed by atoms with Gasteiger partial charge >= 0.3 is 0 Å². The second-order valence-electron chi connectivity index (χ2n) is 6.27. The Labute approximate surface area is 124 Å². The van der Waals surface area contributed by atoms with Crippen molar-refractivity contribution in [1.82, 2.24) is 15.1 Å². The van der Waals surface area contributed by atoms with Gasteiger partial charge in [-0.05, 0) is 25.7 Å². The molecule has 21 heavy (non-hydrogen) atoms. The predicted molar refractivity (Wildman–Crippen MR) is 76.3 cm³/mol. The van der Waals surface area contributed by atoms with Crippen molar-refractivity contribution in [3.05, 3.63) is 0 Å². The number of nitrogens with zero attached hydrogens (tertiary/aromatic N) is 2. The smallest absolute Gasteiger partial charge is 0.247 e. The minimum atomic E-state index is -0.510. The maximum atomic E-state index is 12.4. The largest absolute Gasteiger partial charge is 0.342 e. The van der Waals surface area contributed by atoms with E-state index in [9.17, 15) is 14.4 Å². The summed E-state index contributed by atoms with van der Waals surface area (Å²) in [7, 11) is 0. The molecular weight excluding hydrogens is 270 g/mol. The molecule has 2 aliphatic heterocycles. The van der Waals surface area contributed by atoms with Gasteiger partial charge in [0.05, 0.1) is 19.0 Å². The fraction of sp³-hybridized carbons (Fsp3) is 0.800. The number of hydrogen-bond donors (Lipinski definition) is 1. The molecule has 3 rings (SSSR count). The van der Waals surface area contributed by atoms with Gasteiger partial charge in [-0.15, -0.1) is 0 Å². The molecular formula is C15H23N3O3. The molecule has 3 fully saturated rings. The Kier molecular flexibility index (Phi) is 4.24. The molecule has 6 nitrogen and oxygen atoms in total. The van der Waals surface area contributed by atoms with Crippen LogP contribution in [0.5, 0.6) is 0 Å². The summed E-state index contributed by atoms with van der Waals surface area (Å²) in [6.07, 6.45) is 6.35. The molecule has 116 valence electrons. The van der Waals surface area contributed by atoms with Crippen LogP contribution in [0.2, 0.25) is 0 Å². The molecule has 0 radical (unpaired) electrons. The summed E-state index contributed by atoms with van der Waals surface area (Å²) in [5.74, 6) is -0.189. The molecule has 1 N–H and O–H groups in total. The first-order chi connectivity index (χ1) is 10.2. The second kappa shape index (κ2) is 6.13. The standard InChI is InChI=1S/C15H23N3O3/c19-13-9-12(15(21)18(13)11-5-1-2-6-11)16-10-14(20)17-7-3-4-8-17/h11-12,16H,1-10H2. The molecule has 2 heterocycles. The third-order valence-electron chi connectivity index (χ3n) is 4.83. The van der Waals surface area contributed by atoms with Crippen molar-refractivity contribution in [2.45, 2.75) is 57.0 Å². The van der Waals surface area contributed by atoms with Crippen LogP contribution in [0.4, 0.5) is 0 Å². The normalized spacial score (nSPS) is 27.1.